The fourth-order valence-electron chi connectivity index (χ4n) is 2.57. The molecule has 0 aromatic heterocycles. The van der Waals surface area contributed by atoms with E-state index in [4.69, 9.17) is 0 Å². The van der Waals surface area contributed by atoms with Crippen LogP contribution in [-0.2, 0) is 4.79 Å². The molecule has 3 amide bonds. The number of benzene rings is 1. The van der Waals surface area contributed by atoms with Gasteiger partial charge in [0.1, 0.15) is 0 Å². The number of urea groups is 1. The van der Waals surface area contributed by atoms with Crippen LogP contribution in [0.1, 0.15) is 71.6 Å². The van der Waals surface area contributed by atoms with Crippen LogP contribution in [0.3, 0.4) is 0 Å². The maximum absolute atomic E-state index is 12.0. The Bertz CT molecular complexity index is 572. The van der Waals surface area contributed by atoms with Gasteiger partial charge in [0.2, 0.25) is 5.91 Å². The molecule has 0 radical (unpaired) electrons. The number of imide groups is 1. The summed E-state index contributed by atoms with van der Waals surface area (Å²) in [4.78, 5) is 23.8. The summed E-state index contributed by atoms with van der Waals surface area (Å²) in [6, 6.07) is 8.07. The van der Waals surface area contributed by atoms with E-state index in [1.54, 1.807) is 0 Å². The Labute approximate surface area is 152 Å². The highest BCUT2D eigenvalue weighted by atomic mass is 16.2. The third-order valence-corrected chi connectivity index (χ3v) is 3.85. The van der Waals surface area contributed by atoms with Crippen LogP contribution < -0.4 is 16.0 Å². The van der Waals surface area contributed by atoms with Crippen molar-refractivity contribution in [1.82, 2.24) is 16.0 Å². The monoisotopic (exact) mass is 347 g/mol. The van der Waals surface area contributed by atoms with E-state index < -0.39 is 6.03 Å². The zero-order chi connectivity index (χ0) is 19.2. The molecule has 1 aromatic rings. The molecular formula is C20H33N3O2. The third-order valence-electron chi connectivity index (χ3n) is 3.85. The Morgan fingerprint density at radius 2 is 1.48 bits per heavy atom. The Hall–Kier alpha value is -1.88. The van der Waals surface area contributed by atoms with Gasteiger partial charge in [0.15, 0.2) is 0 Å². The minimum absolute atomic E-state index is 0.0534. The van der Waals surface area contributed by atoms with Crippen molar-refractivity contribution in [2.45, 2.75) is 66.0 Å². The number of carbonyl (C=O) groups excluding carboxylic acids is 2. The van der Waals surface area contributed by atoms with Crippen LogP contribution in [0.15, 0.2) is 24.3 Å². The van der Waals surface area contributed by atoms with E-state index in [0.29, 0.717) is 11.8 Å². The maximum atomic E-state index is 12.0. The van der Waals surface area contributed by atoms with Crippen molar-refractivity contribution >= 4 is 11.9 Å². The van der Waals surface area contributed by atoms with Crippen molar-refractivity contribution in [1.29, 1.82) is 0 Å². The topological polar surface area (TPSA) is 70.2 Å². The highest BCUT2D eigenvalue weighted by Gasteiger charge is 2.19. The third kappa shape index (κ3) is 7.69. The summed E-state index contributed by atoms with van der Waals surface area (Å²) in [5.74, 6) is 0.471. The van der Waals surface area contributed by atoms with Crippen LogP contribution >= 0.6 is 0 Å². The van der Waals surface area contributed by atoms with Gasteiger partial charge in [-0.1, -0.05) is 52.0 Å². The summed E-state index contributed by atoms with van der Waals surface area (Å²) >= 11 is 0. The normalized spacial score (nSPS) is 13.0. The molecule has 25 heavy (non-hydrogen) atoms. The summed E-state index contributed by atoms with van der Waals surface area (Å²) in [7, 11) is 0. The summed E-state index contributed by atoms with van der Waals surface area (Å²) in [5.41, 5.74) is 2.06. The Morgan fingerprint density at radius 3 is 1.92 bits per heavy atom. The van der Waals surface area contributed by atoms with Gasteiger partial charge in [0, 0.05) is 11.6 Å². The van der Waals surface area contributed by atoms with Gasteiger partial charge in [0.05, 0.1) is 6.54 Å². The highest BCUT2D eigenvalue weighted by Crippen LogP contribution is 2.23. The van der Waals surface area contributed by atoms with Gasteiger partial charge in [-0.25, -0.2) is 4.79 Å². The van der Waals surface area contributed by atoms with E-state index in [-0.39, 0.29) is 24.0 Å². The first-order chi connectivity index (χ1) is 11.5. The standard InChI is InChI=1S/C20H33N3O2/c1-13(2)15-8-10-16(11-9-15)18(14(3)4)21-12-17(24)22-19(25)23-20(5,6)7/h8-11,13-14,18,21H,12H2,1-7H3,(H2,22,23,24,25)/t18-/m0/s1. The SMILES string of the molecule is CC(C)c1ccc([C@@H](NCC(=O)NC(=O)NC(C)(C)C)C(C)C)cc1. The Balaban J connectivity index is 2.64. The lowest BCUT2D eigenvalue weighted by atomic mass is 9.93. The first kappa shape index (κ1) is 21.2. The molecule has 0 saturated heterocycles. The molecule has 0 unspecified atom stereocenters. The average molecular weight is 348 g/mol. The van der Waals surface area contributed by atoms with E-state index >= 15 is 0 Å². The molecule has 0 saturated carbocycles. The lowest BCUT2D eigenvalue weighted by molar-refractivity contribution is -0.119. The van der Waals surface area contributed by atoms with Crippen molar-refractivity contribution in [3.63, 3.8) is 0 Å². The lowest BCUT2D eigenvalue weighted by Gasteiger charge is -2.24. The largest absolute Gasteiger partial charge is 0.333 e. The molecule has 3 N–H and O–H groups in total. The molecule has 5 heteroatoms. The quantitative estimate of drug-likeness (QED) is 0.734. The molecule has 0 aliphatic heterocycles. The molecule has 1 aromatic carbocycles. The number of rotatable bonds is 6. The van der Waals surface area contributed by atoms with Crippen LogP contribution in [0, 0.1) is 5.92 Å². The first-order valence-electron chi connectivity index (χ1n) is 8.95. The summed E-state index contributed by atoms with van der Waals surface area (Å²) < 4.78 is 0. The van der Waals surface area contributed by atoms with Crippen molar-refractivity contribution in [3.8, 4) is 0 Å². The number of nitrogens with one attached hydrogen (secondary N) is 3. The zero-order valence-corrected chi connectivity index (χ0v) is 16.6. The minimum Gasteiger partial charge on any atom is -0.333 e. The maximum Gasteiger partial charge on any atom is 0.321 e. The van der Waals surface area contributed by atoms with Gasteiger partial charge in [0.25, 0.3) is 0 Å². The first-order valence-corrected chi connectivity index (χ1v) is 8.95. The van der Waals surface area contributed by atoms with Gasteiger partial charge in [-0.05, 0) is 43.7 Å². The van der Waals surface area contributed by atoms with E-state index in [1.807, 2.05) is 20.8 Å². The molecule has 5 nitrogen and oxygen atoms in total. The average Bonchev–Trinajstić information content (AvgIpc) is 2.45. The Kier molecular flexibility index (Phi) is 7.61. The molecule has 140 valence electrons. The van der Waals surface area contributed by atoms with Crippen LogP contribution in [0.2, 0.25) is 0 Å². The molecule has 0 bridgehead atoms. The zero-order valence-electron chi connectivity index (χ0n) is 16.6. The summed E-state index contributed by atoms with van der Waals surface area (Å²) in [5, 5.41) is 8.33. The molecule has 0 heterocycles. The lowest BCUT2D eigenvalue weighted by Crippen LogP contribution is -2.50. The van der Waals surface area contributed by atoms with Crippen LogP contribution in [-0.4, -0.2) is 24.0 Å². The summed E-state index contributed by atoms with van der Waals surface area (Å²) in [6.07, 6.45) is 0. The molecule has 0 aliphatic carbocycles. The second-order valence-electron chi connectivity index (χ2n) is 8.18. The van der Waals surface area contributed by atoms with Gasteiger partial charge in [-0.3, -0.25) is 10.1 Å². The number of amides is 3. The number of hydrogen-bond donors (Lipinski definition) is 3. The van der Waals surface area contributed by atoms with Crippen LogP contribution in [0.25, 0.3) is 0 Å². The molecule has 0 spiro atoms. The molecule has 1 atom stereocenters. The van der Waals surface area contributed by atoms with Gasteiger partial charge in [-0.15, -0.1) is 0 Å². The number of hydrogen-bond acceptors (Lipinski definition) is 3. The molecule has 0 aliphatic rings. The predicted octanol–water partition coefficient (Wildman–Crippen LogP) is 3.72. The smallest absolute Gasteiger partial charge is 0.321 e. The van der Waals surface area contributed by atoms with Gasteiger partial charge >= 0.3 is 6.03 Å². The second kappa shape index (κ2) is 8.99. The van der Waals surface area contributed by atoms with Crippen molar-refractivity contribution in [2.75, 3.05) is 6.54 Å². The van der Waals surface area contributed by atoms with Gasteiger partial charge < -0.3 is 10.6 Å². The minimum atomic E-state index is -0.471. The van der Waals surface area contributed by atoms with E-state index in [1.165, 1.54) is 5.56 Å². The van der Waals surface area contributed by atoms with Crippen molar-refractivity contribution in [3.05, 3.63) is 35.4 Å². The Morgan fingerprint density at radius 1 is 0.960 bits per heavy atom. The molecular weight excluding hydrogens is 314 g/mol. The van der Waals surface area contributed by atoms with Crippen LogP contribution in [0.5, 0.6) is 0 Å². The van der Waals surface area contributed by atoms with E-state index in [9.17, 15) is 9.59 Å². The fraction of sp³-hybridized carbons (Fsp3) is 0.600. The van der Waals surface area contributed by atoms with E-state index in [2.05, 4.69) is 67.9 Å². The molecule has 1 rings (SSSR count). The second-order valence-corrected chi connectivity index (χ2v) is 8.18. The summed E-state index contributed by atoms with van der Waals surface area (Å²) in [6.45, 7) is 14.2. The highest BCUT2D eigenvalue weighted by molar-refractivity contribution is 5.95. The fourth-order valence-corrected chi connectivity index (χ4v) is 2.57. The van der Waals surface area contributed by atoms with E-state index in [0.717, 1.165) is 5.56 Å². The van der Waals surface area contributed by atoms with Crippen LogP contribution in [0.4, 0.5) is 4.79 Å². The van der Waals surface area contributed by atoms with Gasteiger partial charge in [-0.2, -0.15) is 0 Å². The number of carbonyl (C=O) groups is 2. The predicted molar refractivity (Wildman–Crippen MR) is 103 cm³/mol. The molecule has 0 fully saturated rings. The van der Waals surface area contributed by atoms with Crippen molar-refractivity contribution < 1.29 is 9.59 Å². The van der Waals surface area contributed by atoms with Crippen molar-refractivity contribution in [2.24, 2.45) is 5.92 Å².